The maximum Gasteiger partial charge on any atom is 0.242 e. The number of nitrogens with two attached hydrogens (primary N) is 1. The highest BCUT2D eigenvalue weighted by molar-refractivity contribution is 5.70. The molecule has 4 nitrogen and oxygen atoms in total. The zero-order chi connectivity index (χ0) is 14.5. The molecule has 3 rings (SSSR count). The molecule has 2 aromatic carbocycles. The highest BCUT2D eigenvalue weighted by atomic mass is 16.5. The summed E-state index contributed by atoms with van der Waals surface area (Å²) >= 11 is 0. The van der Waals surface area contributed by atoms with E-state index in [4.69, 9.17) is 10.5 Å². The maximum absolute atomic E-state index is 5.93. The molecule has 0 aliphatic rings. The molecule has 1 aromatic heterocycles. The Kier molecular flexibility index (Phi) is 3.89. The van der Waals surface area contributed by atoms with Crippen molar-refractivity contribution in [2.45, 2.75) is 6.54 Å². The van der Waals surface area contributed by atoms with Crippen molar-refractivity contribution >= 4 is 0 Å². The number of ether oxygens (including phenoxy) is 1. The van der Waals surface area contributed by atoms with Gasteiger partial charge in [-0.25, -0.2) is 4.98 Å². The number of hydrogen-bond acceptors (Lipinski definition) is 4. The largest absolute Gasteiger partial charge is 0.437 e. The maximum atomic E-state index is 5.93. The van der Waals surface area contributed by atoms with E-state index in [0.717, 1.165) is 16.9 Å². The number of nitrogens with zero attached hydrogens (tertiary/aromatic N) is 2. The lowest BCUT2D eigenvalue weighted by Gasteiger charge is -2.12. The molecule has 1 heterocycles. The Morgan fingerprint density at radius 1 is 0.857 bits per heavy atom. The molecule has 0 unspecified atom stereocenters. The van der Waals surface area contributed by atoms with Crippen LogP contribution in [-0.2, 0) is 6.54 Å². The van der Waals surface area contributed by atoms with Crippen molar-refractivity contribution in [3.63, 3.8) is 0 Å². The topological polar surface area (TPSA) is 61.0 Å². The molecule has 0 fully saturated rings. The van der Waals surface area contributed by atoms with Crippen molar-refractivity contribution in [3.8, 4) is 22.8 Å². The molecule has 2 N–H and O–H groups in total. The molecule has 4 heteroatoms. The third-order valence-electron chi connectivity index (χ3n) is 3.11. The van der Waals surface area contributed by atoms with Gasteiger partial charge in [0.05, 0.1) is 0 Å². The third-order valence-corrected chi connectivity index (χ3v) is 3.11. The van der Waals surface area contributed by atoms with Gasteiger partial charge in [0.2, 0.25) is 5.88 Å². The Labute approximate surface area is 123 Å². The number of rotatable bonds is 4. The van der Waals surface area contributed by atoms with Crippen LogP contribution in [0.2, 0.25) is 0 Å². The van der Waals surface area contributed by atoms with Gasteiger partial charge in [0.25, 0.3) is 0 Å². The Bertz CT molecular complexity index is 729. The predicted molar refractivity (Wildman–Crippen MR) is 81.9 cm³/mol. The van der Waals surface area contributed by atoms with Gasteiger partial charge in [-0.1, -0.05) is 48.5 Å². The van der Waals surface area contributed by atoms with Crippen LogP contribution in [0.4, 0.5) is 0 Å². The Morgan fingerprint density at radius 3 is 2.38 bits per heavy atom. The summed E-state index contributed by atoms with van der Waals surface area (Å²) in [7, 11) is 0. The van der Waals surface area contributed by atoms with E-state index >= 15 is 0 Å². The lowest BCUT2D eigenvalue weighted by atomic mass is 10.1. The lowest BCUT2D eigenvalue weighted by molar-refractivity contribution is 0.453. The highest BCUT2D eigenvalue weighted by Crippen LogP contribution is 2.32. The van der Waals surface area contributed by atoms with Gasteiger partial charge in [-0.15, -0.1) is 0 Å². The summed E-state index contributed by atoms with van der Waals surface area (Å²) in [4.78, 5) is 8.40. The van der Waals surface area contributed by atoms with Crippen LogP contribution in [0.1, 0.15) is 5.69 Å². The second kappa shape index (κ2) is 6.15. The zero-order valence-electron chi connectivity index (χ0n) is 11.4. The summed E-state index contributed by atoms with van der Waals surface area (Å²) in [6, 6.07) is 17.9. The first kappa shape index (κ1) is 13.3. The molecule has 0 saturated heterocycles. The van der Waals surface area contributed by atoms with Crippen LogP contribution in [0.3, 0.4) is 0 Å². The molecule has 21 heavy (non-hydrogen) atoms. The summed E-state index contributed by atoms with van der Waals surface area (Å²) < 4.78 is 5.93. The van der Waals surface area contributed by atoms with Gasteiger partial charge in [0, 0.05) is 24.5 Å². The van der Waals surface area contributed by atoms with Crippen molar-refractivity contribution in [3.05, 3.63) is 72.7 Å². The van der Waals surface area contributed by atoms with Gasteiger partial charge in [0.15, 0.2) is 0 Å². The fourth-order valence-corrected chi connectivity index (χ4v) is 2.10. The highest BCUT2D eigenvalue weighted by Gasteiger charge is 2.10. The van der Waals surface area contributed by atoms with E-state index in [-0.39, 0.29) is 6.54 Å². The molecule has 0 bridgehead atoms. The summed E-state index contributed by atoms with van der Waals surface area (Å²) in [5, 5.41) is 0. The standard InChI is InChI=1S/C17H15N3O/c18-12-15-17(20-11-10-19-15)21-16-9-5-4-8-14(16)13-6-2-1-3-7-13/h1-11H,12,18H2. The minimum Gasteiger partial charge on any atom is -0.437 e. The van der Waals surface area contributed by atoms with Crippen LogP contribution < -0.4 is 10.5 Å². The van der Waals surface area contributed by atoms with Crippen molar-refractivity contribution in [2.24, 2.45) is 5.73 Å². The van der Waals surface area contributed by atoms with Crippen LogP contribution in [0.25, 0.3) is 11.1 Å². The molecule has 0 atom stereocenters. The van der Waals surface area contributed by atoms with Crippen LogP contribution in [0, 0.1) is 0 Å². The molecule has 0 amide bonds. The average Bonchev–Trinajstić information content (AvgIpc) is 2.57. The van der Waals surface area contributed by atoms with Gasteiger partial charge in [-0.3, -0.25) is 4.98 Å². The van der Waals surface area contributed by atoms with Crippen LogP contribution in [0.15, 0.2) is 67.0 Å². The molecule has 0 aliphatic heterocycles. The summed E-state index contributed by atoms with van der Waals surface area (Å²) in [6.45, 7) is 0.288. The first-order chi connectivity index (χ1) is 10.4. The number of aromatic nitrogens is 2. The van der Waals surface area contributed by atoms with Crippen molar-refractivity contribution < 1.29 is 4.74 Å². The normalized spacial score (nSPS) is 10.3. The monoisotopic (exact) mass is 277 g/mol. The van der Waals surface area contributed by atoms with Gasteiger partial charge in [-0.05, 0) is 11.6 Å². The molecule has 0 radical (unpaired) electrons. The Hall–Kier alpha value is -2.72. The summed E-state index contributed by atoms with van der Waals surface area (Å²) in [6.07, 6.45) is 3.21. The Balaban J connectivity index is 2.00. The van der Waals surface area contributed by atoms with Crippen LogP contribution in [0.5, 0.6) is 11.6 Å². The van der Waals surface area contributed by atoms with Crippen LogP contribution in [-0.4, -0.2) is 9.97 Å². The Morgan fingerprint density at radius 2 is 1.57 bits per heavy atom. The zero-order valence-corrected chi connectivity index (χ0v) is 11.4. The van der Waals surface area contributed by atoms with Gasteiger partial charge in [-0.2, -0.15) is 0 Å². The second-order valence-corrected chi connectivity index (χ2v) is 4.48. The van der Waals surface area contributed by atoms with E-state index in [0.29, 0.717) is 11.6 Å². The van der Waals surface area contributed by atoms with Crippen molar-refractivity contribution in [1.29, 1.82) is 0 Å². The minimum absolute atomic E-state index is 0.288. The molecule has 0 aliphatic carbocycles. The van der Waals surface area contributed by atoms with Gasteiger partial charge in [0.1, 0.15) is 11.4 Å². The molecule has 3 aromatic rings. The number of hydrogen-bond donors (Lipinski definition) is 1. The average molecular weight is 277 g/mol. The van der Waals surface area contributed by atoms with E-state index < -0.39 is 0 Å². The number of benzene rings is 2. The molecular formula is C17H15N3O. The van der Waals surface area contributed by atoms with E-state index in [1.165, 1.54) is 0 Å². The van der Waals surface area contributed by atoms with E-state index in [2.05, 4.69) is 9.97 Å². The lowest BCUT2D eigenvalue weighted by Crippen LogP contribution is -2.03. The quantitative estimate of drug-likeness (QED) is 0.794. The van der Waals surface area contributed by atoms with E-state index in [9.17, 15) is 0 Å². The molecule has 104 valence electrons. The summed E-state index contributed by atoms with van der Waals surface area (Å²) in [5.41, 5.74) is 8.41. The first-order valence-electron chi connectivity index (χ1n) is 6.71. The molecular weight excluding hydrogens is 262 g/mol. The summed E-state index contributed by atoms with van der Waals surface area (Å²) in [5.74, 6) is 1.18. The first-order valence-corrected chi connectivity index (χ1v) is 6.71. The number of para-hydroxylation sites is 1. The fourth-order valence-electron chi connectivity index (χ4n) is 2.10. The molecule has 0 spiro atoms. The second-order valence-electron chi connectivity index (χ2n) is 4.48. The van der Waals surface area contributed by atoms with Gasteiger partial charge < -0.3 is 10.5 Å². The fraction of sp³-hybridized carbons (Fsp3) is 0.0588. The minimum atomic E-state index is 0.288. The van der Waals surface area contributed by atoms with E-state index in [1.54, 1.807) is 12.4 Å². The SMILES string of the molecule is NCc1nccnc1Oc1ccccc1-c1ccccc1. The van der Waals surface area contributed by atoms with Crippen molar-refractivity contribution in [1.82, 2.24) is 9.97 Å². The molecule has 0 saturated carbocycles. The van der Waals surface area contributed by atoms with E-state index in [1.807, 2.05) is 54.6 Å². The van der Waals surface area contributed by atoms with Crippen molar-refractivity contribution in [2.75, 3.05) is 0 Å². The third kappa shape index (κ3) is 2.90. The van der Waals surface area contributed by atoms with Crippen LogP contribution >= 0.6 is 0 Å². The smallest absolute Gasteiger partial charge is 0.242 e. The van der Waals surface area contributed by atoms with Gasteiger partial charge >= 0.3 is 0 Å². The predicted octanol–water partition coefficient (Wildman–Crippen LogP) is 3.39.